The molecule has 0 aromatic heterocycles. The third-order valence-electron chi connectivity index (χ3n) is 1.43. The predicted octanol–water partition coefficient (Wildman–Crippen LogP) is 2.10. The molecule has 13 heavy (non-hydrogen) atoms. The maximum absolute atomic E-state index is 10.5. The lowest BCUT2D eigenvalue weighted by molar-refractivity contribution is 0.317. The van der Waals surface area contributed by atoms with Crippen molar-refractivity contribution < 1.29 is 12.6 Å². The lowest BCUT2D eigenvalue weighted by atomic mass is 10.2. The Morgan fingerprint density at radius 2 is 1.85 bits per heavy atom. The highest BCUT2D eigenvalue weighted by Crippen LogP contribution is 1.97. The number of unbranched alkanes of at least 4 members (excludes halogenated alkanes) is 2. The molecule has 0 aliphatic heterocycles. The molecular weight excluding hydrogens is 188 g/mol. The lowest BCUT2D eigenvalue weighted by Crippen LogP contribution is -2.03. The molecule has 0 heterocycles. The van der Waals surface area contributed by atoms with Gasteiger partial charge in [-0.25, -0.2) is 0 Å². The Morgan fingerprint density at radius 3 is 2.38 bits per heavy atom. The van der Waals surface area contributed by atoms with Crippen molar-refractivity contribution in [1.82, 2.24) is 0 Å². The van der Waals surface area contributed by atoms with Gasteiger partial charge in [-0.2, -0.15) is 8.42 Å². The largest absolute Gasteiger partial charge is 0.270 e. The van der Waals surface area contributed by atoms with Gasteiger partial charge in [0.25, 0.3) is 10.1 Å². The molecule has 0 unspecified atom stereocenters. The fraction of sp³-hybridized carbons (Fsp3) is 0.778. The summed E-state index contributed by atoms with van der Waals surface area (Å²) in [7, 11) is -3.25. The second kappa shape index (κ2) is 7.09. The topological polar surface area (TPSA) is 43.4 Å². The second-order valence-corrected chi connectivity index (χ2v) is 4.57. The van der Waals surface area contributed by atoms with Crippen molar-refractivity contribution in [1.29, 1.82) is 0 Å². The maximum Gasteiger partial charge on any atom is 0.264 e. The maximum atomic E-state index is 10.5. The van der Waals surface area contributed by atoms with E-state index in [9.17, 15) is 8.42 Å². The highest BCUT2D eigenvalue weighted by Gasteiger charge is 1.98. The summed E-state index contributed by atoms with van der Waals surface area (Å²) in [6.07, 6.45) is 9.13. The summed E-state index contributed by atoms with van der Waals surface area (Å²) >= 11 is 0. The molecule has 4 heteroatoms. The van der Waals surface area contributed by atoms with Crippen molar-refractivity contribution in [2.75, 3.05) is 12.9 Å². The molecule has 0 rings (SSSR count). The van der Waals surface area contributed by atoms with Crippen LogP contribution in [0.3, 0.4) is 0 Å². The fourth-order valence-electron chi connectivity index (χ4n) is 0.814. The minimum atomic E-state index is -3.25. The Balaban J connectivity index is 3.27. The van der Waals surface area contributed by atoms with Crippen LogP contribution in [0.4, 0.5) is 0 Å². The highest BCUT2D eigenvalue weighted by molar-refractivity contribution is 7.85. The van der Waals surface area contributed by atoms with Crippen molar-refractivity contribution in [3.05, 3.63) is 12.2 Å². The van der Waals surface area contributed by atoms with E-state index < -0.39 is 10.1 Å². The SMILES string of the molecule is CCC/C=C\CCCOS(C)(=O)=O. The summed E-state index contributed by atoms with van der Waals surface area (Å²) in [5.41, 5.74) is 0. The number of allylic oxidation sites excluding steroid dienone is 2. The zero-order valence-electron chi connectivity index (χ0n) is 8.32. The lowest BCUT2D eigenvalue weighted by Gasteiger charge is -1.97. The molecule has 0 saturated carbocycles. The summed E-state index contributed by atoms with van der Waals surface area (Å²) in [6, 6.07) is 0. The molecule has 3 nitrogen and oxygen atoms in total. The quantitative estimate of drug-likeness (QED) is 0.364. The smallest absolute Gasteiger partial charge is 0.264 e. The fourth-order valence-corrected chi connectivity index (χ4v) is 1.23. The molecule has 0 aliphatic rings. The van der Waals surface area contributed by atoms with Crippen molar-refractivity contribution in [3.63, 3.8) is 0 Å². The van der Waals surface area contributed by atoms with E-state index in [1.54, 1.807) is 0 Å². The number of rotatable bonds is 7. The molecule has 0 saturated heterocycles. The first kappa shape index (κ1) is 12.7. The molecule has 0 aliphatic carbocycles. The van der Waals surface area contributed by atoms with E-state index in [-0.39, 0.29) is 6.61 Å². The molecule has 78 valence electrons. The predicted molar refractivity (Wildman–Crippen MR) is 54.1 cm³/mol. The first-order chi connectivity index (χ1) is 6.06. The molecular formula is C9H18O3S. The van der Waals surface area contributed by atoms with Crippen LogP contribution >= 0.6 is 0 Å². The van der Waals surface area contributed by atoms with Crippen LogP contribution in [0.5, 0.6) is 0 Å². The van der Waals surface area contributed by atoms with Crippen LogP contribution in [0, 0.1) is 0 Å². The van der Waals surface area contributed by atoms with E-state index in [0.29, 0.717) is 0 Å². The van der Waals surface area contributed by atoms with Crippen molar-refractivity contribution in [2.24, 2.45) is 0 Å². The normalized spacial score (nSPS) is 12.5. The molecule has 0 N–H and O–H groups in total. The third-order valence-corrected chi connectivity index (χ3v) is 2.03. The van der Waals surface area contributed by atoms with Crippen molar-refractivity contribution in [3.8, 4) is 0 Å². The Labute approximate surface area is 80.9 Å². The zero-order chi connectivity index (χ0) is 10.2. The van der Waals surface area contributed by atoms with Crippen LogP contribution in [0.15, 0.2) is 12.2 Å². The van der Waals surface area contributed by atoms with Gasteiger partial charge in [-0.3, -0.25) is 4.18 Å². The summed E-state index contributed by atoms with van der Waals surface area (Å²) < 4.78 is 25.6. The van der Waals surface area contributed by atoms with E-state index in [2.05, 4.69) is 23.3 Å². The average Bonchev–Trinajstić information content (AvgIpc) is 2.01. The van der Waals surface area contributed by atoms with E-state index in [0.717, 1.165) is 31.9 Å². The Bertz CT molecular complexity index is 229. The van der Waals surface area contributed by atoms with Crippen LogP contribution in [0.2, 0.25) is 0 Å². The van der Waals surface area contributed by atoms with Gasteiger partial charge in [-0.05, 0) is 19.3 Å². The number of hydrogen-bond donors (Lipinski definition) is 0. The molecule has 0 spiro atoms. The summed E-state index contributed by atoms with van der Waals surface area (Å²) in [6.45, 7) is 2.41. The summed E-state index contributed by atoms with van der Waals surface area (Å²) in [4.78, 5) is 0. The van der Waals surface area contributed by atoms with Crippen LogP contribution in [-0.4, -0.2) is 21.3 Å². The van der Waals surface area contributed by atoms with Crippen molar-refractivity contribution >= 4 is 10.1 Å². The van der Waals surface area contributed by atoms with E-state index in [4.69, 9.17) is 0 Å². The van der Waals surface area contributed by atoms with Gasteiger partial charge in [0.1, 0.15) is 0 Å². The molecule has 0 radical (unpaired) electrons. The standard InChI is InChI=1S/C9H18O3S/c1-3-4-5-6-7-8-9-12-13(2,10)11/h5-6H,3-4,7-9H2,1-2H3/b6-5-. The third kappa shape index (κ3) is 11.7. The van der Waals surface area contributed by atoms with Gasteiger partial charge in [0.15, 0.2) is 0 Å². The van der Waals surface area contributed by atoms with Crippen LogP contribution in [-0.2, 0) is 14.3 Å². The minimum Gasteiger partial charge on any atom is -0.270 e. The van der Waals surface area contributed by atoms with E-state index in [1.165, 1.54) is 0 Å². The monoisotopic (exact) mass is 206 g/mol. The average molecular weight is 206 g/mol. The zero-order valence-corrected chi connectivity index (χ0v) is 9.14. The van der Waals surface area contributed by atoms with Gasteiger partial charge in [-0.15, -0.1) is 0 Å². The van der Waals surface area contributed by atoms with E-state index in [1.807, 2.05) is 0 Å². The van der Waals surface area contributed by atoms with Gasteiger partial charge in [0.05, 0.1) is 12.9 Å². The van der Waals surface area contributed by atoms with Gasteiger partial charge < -0.3 is 0 Å². The Kier molecular flexibility index (Phi) is 6.90. The van der Waals surface area contributed by atoms with Crippen molar-refractivity contribution in [2.45, 2.75) is 32.6 Å². The summed E-state index contributed by atoms with van der Waals surface area (Å²) in [5.74, 6) is 0. The molecule has 0 aromatic rings. The van der Waals surface area contributed by atoms with Gasteiger partial charge in [-0.1, -0.05) is 25.5 Å². The molecule has 0 atom stereocenters. The van der Waals surface area contributed by atoms with Crippen LogP contribution in [0.25, 0.3) is 0 Å². The van der Waals surface area contributed by atoms with Crippen LogP contribution in [0.1, 0.15) is 32.6 Å². The number of hydrogen-bond acceptors (Lipinski definition) is 3. The highest BCUT2D eigenvalue weighted by atomic mass is 32.2. The van der Waals surface area contributed by atoms with Gasteiger partial charge in [0, 0.05) is 0 Å². The van der Waals surface area contributed by atoms with E-state index >= 15 is 0 Å². The molecule has 0 aromatic carbocycles. The molecule has 0 bridgehead atoms. The first-order valence-electron chi connectivity index (χ1n) is 4.55. The van der Waals surface area contributed by atoms with Crippen LogP contribution < -0.4 is 0 Å². The Morgan fingerprint density at radius 1 is 1.23 bits per heavy atom. The molecule has 0 fully saturated rings. The Hall–Kier alpha value is -0.350. The summed E-state index contributed by atoms with van der Waals surface area (Å²) in [5, 5.41) is 0. The minimum absolute atomic E-state index is 0.287. The van der Waals surface area contributed by atoms with Gasteiger partial charge >= 0.3 is 0 Å². The molecule has 0 amide bonds. The first-order valence-corrected chi connectivity index (χ1v) is 6.37. The van der Waals surface area contributed by atoms with Gasteiger partial charge in [0.2, 0.25) is 0 Å². The second-order valence-electron chi connectivity index (χ2n) is 2.93.